The van der Waals surface area contributed by atoms with Gasteiger partial charge in [0.15, 0.2) is 0 Å². The monoisotopic (exact) mass is 216 g/mol. The zero-order chi connectivity index (χ0) is 10.7. The summed E-state index contributed by atoms with van der Waals surface area (Å²) in [4.78, 5) is 3.62. The zero-order valence-corrected chi connectivity index (χ0v) is 8.15. The first-order valence-corrected chi connectivity index (χ1v) is 4.25. The van der Waals surface area contributed by atoms with Gasteiger partial charge in [0.1, 0.15) is 5.69 Å². The maximum absolute atomic E-state index is 12.4. The minimum Gasteiger partial charge on any atom is -0.251 e. The molecule has 0 atom stereocenters. The van der Waals surface area contributed by atoms with Gasteiger partial charge in [0.2, 0.25) is 0 Å². The Kier molecular flexibility index (Phi) is 3.37. The van der Waals surface area contributed by atoms with Crippen LogP contribution >= 0.6 is 11.6 Å². The summed E-state index contributed by atoms with van der Waals surface area (Å²) >= 11 is 5.66. The van der Waals surface area contributed by atoms with Gasteiger partial charge in [-0.05, 0) is 18.6 Å². The summed E-state index contributed by atoms with van der Waals surface area (Å²) in [6.07, 6.45) is -2.69. The van der Waals surface area contributed by atoms with Gasteiger partial charge >= 0.3 is 0 Å². The lowest BCUT2D eigenvalue weighted by Crippen LogP contribution is -1.98. The minimum atomic E-state index is -2.71. The predicted octanol–water partition coefficient (Wildman–Crippen LogP) is 3.05. The molecule has 1 aromatic heterocycles. The molecule has 0 aliphatic heterocycles. The highest BCUT2D eigenvalue weighted by Gasteiger charge is 2.17. The summed E-state index contributed by atoms with van der Waals surface area (Å²) in [6.45, 7) is 1.59. The van der Waals surface area contributed by atoms with E-state index in [-0.39, 0.29) is 11.4 Å². The Hall–Kier alpha value is -1.21. The van der Waals surface area contributed by atoms with Crippen molar-refractivity contribution in [2.75, 3.05) is 0 Å². The second kappa shape index (κ2) is 4.34. The Bertz CT molecular complexity index is 385. The van der Waals surface area contributed by atoms with Crippen LogP contribution in [0.4, 0.5) is 8.78 Å². The fraction of sp³-hybridized carbons (Fsp3) is 0.333. The van der Waals surface area contributed by atoms with Gasteiger partial charge in [-0.3, -0.25) is 4.98 Å². The number of nitrogens with zero attached hydrogens (tertiary/aromatic N) is 2. The number of halogens is 3. The molecule has 74 valence electrons. The second-order valence-electron chi connectivity index (χ2n) is 2.76. The van der Waals surface area contributed by atoms with Gasteiger partial charge in [-0.15, -0.1) is 0 Å². The first kappa shape index (κ1) is 10.9. The van der Waals surface area contributed by atoms with Crippen molar-refractivity contribution >= 4 is 11.6 Å². The first-order valence-electron chi connectivity index (χ1n) is 3.87. The molecular formula is C9H7ClF2N2. The molecule has 1 heterocycles. The van der Waals surface area contributed by atoms with Crippen LogP contribution in [0.3, 0.4) is 0 Å². The van der Waals surface area contributed by atoms with Crippen LogP contribution in [0.1, 0.15) is 23.4 Å². The quantitative estimate of drug-likeness (QED) is 0.762. The second-order valence-corrected chi connectivity index (χ2v) is 3.14. The third-order valence-corrected chi connectivity index (χ3v) is 2.10. The lowest BCUT2D eigenvalue weighted by Gasteiger charge is -2.07. The Labute approximate surface area is 85.1 Å². The summed E-state index contributed by atoms with van der Waals surface area (Å²) in [6, 6.07) is 3.40. The van der Waals surface area contributed by atoms with Gasteiger partial charge in [0.25, 0.3) is 6.43 Å². The molecule has 0 aliphatic carbocycles. The van der Waals surface area contributed by atoms with Crippen LogP contribution in [0.2, 0.25) is 5.02 Å². The number of rotatable bonds is 2. The van der Waals surface area contributed by atoms with Crippen LogP contribution in [0.25, 0.3) is 0 Å². The van der Waals surface area contributed by atoms with Gasteiger partial charge in [0, 0.05) is 5.69 Å². The van der Waals surface area contributed by atoms with Gasteiger partial charge in [-0.2, -0.15) is 5.26 Å². The Morgan fingerprint density at radius 3 is 2.79 bits per heavy atom. The molecule has 0 fully saturated rings. The Morgan fingerprint density at radius 1 is 1.64 bits per heavy atom. The molecule has 2 nitrogen and oxygen atoms in total. The van der Waals surface area contributed by atoms with E-state index >= 15 is 0 Å². The first-order chi connectivity index (χ1) is 6.56. The highest BCUT2D eigenvalue weighted by atomic mass is 35.5. The molecule has 1 aromatic rings. The van der Waals surface area contributed by atoms with E-state index in [2.05, 4.69) is 4.98 Å². The van der Waals surface area contributed by atoms with Crippen LogP contribution < -0.4 is 0 Å². The Balaban J connectivity index is 3.26. The molecule has 5 heteroatoms. The summed E-state index contributed by atoms with van der Waals surface area (Å²) in [5.41, 5.74) is 0.392. The van der Waals surface area contributed by atoms with Crippen LogP contribution in [0.5, 0.6) is 0 Å². The number of hydrogen-bond acceptors (Lipinski definition) is 2. The van der Waals surface area contributed by atoms with E-state index in [9.17, 15) is 8.78 Å². The third kappa shape index (κ3) is 2.18. The van der Waals surface area contributed by atoms with Crippen molar-refractivity contribution < 1.29 is 8.78 Å². The largest absolute Gasteiger partial charge is 0.281 e. The molecule has 0 amide bonds. The molecule has 14 heavy (non-hydrogen) atoms. The van der Waals surface area contributed by atoms with E-state index in [1.165, 1.54) is 6.07 Å². The molecular weight excluding hydrogens is 210 g/mol. The molecule has 0 N–H and O–H groups in total. The number of aryl methyl sites for hydroxylation is 1. The van der Waals surface area contributed by atoms with Gasteiger partial charge in [-0.25, -0.2) is 8.78 Å². The van der Waals surface area contributed by atoms with Crippen molar-refractivity contribution in [3.8, 4) is 6.07 Å². The molecule has 0 saturated carbocycles. The topological polar surface area (TPSA) is 36.7 Å². The van der Waals surface area contributed by atoms with E-state index in [1.54, 1.807) is 6.92 Å². The number of nitriles is 1. The van der Waals surface area contributed by atoms with Crippen molar-refractivity contribution in [1.29, 1.82) is 5.26 Å². The molecule has 0 bridgehead atoms. The average molecular weight is 217 g/mol. The minimum absolute atomic E-state index is 0.0158. The van der Waals surface area contributed by atoms with Crippen LogP contribution in [-0.4, -0.2) is 4.98 Å². The van der Waals surface area contributed by atoms with Crippen molar-refractivity contribution in [2.45, 2.75) is 19.8 Å². The van der Waals surface area contributed by atoms with E-state index in [0.717, 1.165) is 0 Å². The molecule has 1 rings (SSSR count). The zero-order valence-electron chi connectivity index (χ0n) is 7.39. The molecule has 0 spiro atoms. The SMILES string of the molecule is Cc1cc(CC#N)c(Cl)c(C(F)F)n1. The van der Waals surface area contributed by atoms with Crippen molar-refractivity contribution in [2.24, 2.45) is 0 Å². The van der Waals surface area contributed by atoms with Gasteiger partial charge < -0.3 is 0 Å². The summed E-state index contributed by atoms with van der Waals surface area (Å²) in [5.74, 6) is 0. The number of hydrogen-bond donors (Lipinski definition) is 0. The average Bonchev–Trinajstić information content (AvgIpc) is 2.10. The highest BCUT2D eigenvalue weighted by Crippen LogP contribution is 2.28. The third-order valence-electron chi connectivity index (χ3n) is 1.66. The van der Waals surface area contributed by atoms with Crippen LogP contribution in [0.15, 0.2) is 6.07 Å². The van der Waals surface area contributed by atoms with Crippen LogP contribution in [0, 0.1) is 18.3 Å². The van der Waals surface area contributed by atoms with Crippen molar-refractivity contribution in [3.05, 3.63) is 28.0 Å². The Morgan fingerprint density at radius 2 is 2.29 bits per heavy atom. The lowest BCUT2D eigenvalue weighted by molar-refractivity contribution is 0.146. The van der Waals surface area contributed by atoms with E-state index < -0.39 is 12.1 Å². The maximum Gasteiger partial charge on any atom is 0.281 e. The summed E-state index contributed by atoms with van der Waals surface area (Å²) < 4.78 is 24.8. The molecule has 0 aromatic carbocycles. The standard InChI is InChI=1S/C9H7ClF2N2/c1-5-4-6(2-3-13)7(10)8(14-5)9(11)12/h4,9H,2H2,1H3. The smallest absolute Gasteiger partial charge is 0.251 e. The molecule has 0 radical (unpaired) electrons. The van der Waals surface area contributed by atoms with Crippen molar-refractivity contribution in [3.63, 3.8) is 0 Å². The summed E-state index contributed by atoms with van der Waals surface area (Å²) in [5, 5.41) is 8.34. The molecule has 0 saturated heterocycles. The predicted molar refractivity (Wildman–Crippen MR) is 48.3 cm³/mol. The number of aromatic nitrogens is 1. The maximum atomic E-state index is 12.4. The van der Waals surface area contributed by atoms with Crippen LogP contribution in [-0.2, 0) is 6.42 Å². The normalized spacial score (nSPS) is 10.3. The number of pyridine rings is 1. The summed E-state index contributed by atoms with van der Waals surface area (Å²) in [7, 11) is 0. The van der Waals surface area contributed by atoms with Crippen molar-refractivity contribution in [1.82, 2.24) is 4.98 Å². The number of alkyl halides is 2. The van der Waals surface area contributed by atoms with Gasteiger partial charge in [-0.1, -0.05) is 11.6 Å². The highest BCUT2D eigenvalue weighted by molar-refractivity contribution is 6.32. The van der Waals surface area contributed by atoms with Gasteiger partial charge in [0.05, 0.1) is 17.5 Å². The fourth-order valence-electron chi connectivity index (χ4n) is 1.11. The molecule has 0 aliphatic rings. The lowest BCUT2D eigenvalue weighted by atomic mass is 10.1. The van der Waals surface area contributed by atoms with E-state index in [1.807, 2.05) is 6.07 Å². The van der Waals surface area contributed by atoms with E-state index in [0.29, 0.717) is 11.3 Å². The molecule has 0 unspecified atom stereocenters. The fourth-order valence-corrected chi connectivity index (χ4v) is 1.36. The van der Waals surface area contributed by atoms with E-state index in [4.69, 9.17) is 16.9 Å².